The lowest BCUT2D eigenvalue weighted by molar-refractivity contribution is -0.115. The molecule has 8 nitrogen and oxygen atoms in total. The predicted octanol–water partition coefficient (Wildman–Crippen LogP) is 0.632. The maximum absolute atomic E-state index is 12.0. The van der Waals surface area contributed by atoms with Crippen LogP contribution in [0.5, 0.6) is 0 Å². The number of carbonyl (C=O) groups is 3. The molecule has 1 aromatic rings. The number of amides is 3. The minimum absolute atomic E-state index is 0.164. The highest BCUT2D eigenvalue weighted by Gasteiger charge is 2.15. The zero-order chi connectivity index (χ0) is 15.3. The monoisotopic (exact) mass is 280 g/mol. The molecule has 0 radical (unpaired) electrons. The summed E-state index contributed by atoms with van der Waals surface area (Å²) in [5, 5.41) is 5.93. The molecule has 0 fully saturated rings. The SMILES string of the molecule is CON(C)C(=O)c1cc(NC(C)=O)nc(NC(C)=O)c1. The normalized spacial score (nSPS) is 9.80. The Labute approximate surface area is 116 Å². The van der Waals surface area contributed by atoms with Gasteiger partial charge in [-0.25, -0.2) is 10.0 Å². The Morgan fingerprint density at radius 3 is 1.90 bits per heavy atom. The second kappa shape index (κ2) is 6.62. The summed E-state index contributed by atoms with van der Waals surface area (Å²) in [5.41, 5.74) is 0.219. The van der Waals surface area contributed by atoms with Crippen LogP contribution in [0.1, 0.15) is 24.2 Å². The van der Waals surface area contributed by atoms with Gasteiger partial charge in [0.25, 0.3) is 5.91 Å². The molecule has 0 spiro atoms. The van der Waals surface area contributed by atoms with Crippen molar-refractivity contribution in [2.75, 3.05) is 24.8 Å². The van der Waals surface area contributed by atoms with Crippen molar-refractivity contribution in [1.29, 1.82) is 0 Å². The molecule has 3 amide bonds. The summed E-state index contributed by atoms with van der Waals surface area (Å²) in [6.45, 7) is 2.63. The third-order valence-corrected chi connectivity index (χ3v) is 2.24. The van der Waals surface area contributed by atoms with Gasteiger partial charge < -0.3 is 10.6 Å². The number of nitrogens with one attached hydrogen (secondary N) is 2. The van der Waals surface area contributed by atoms with Crippen molar-refractivity contribution in [3.8, 4) is 0 Å². The smallest absolute Gasteiger partial charge is 0.277 e. The fourth-order valence-electron chi connectivity index (χ4n) is 1.41. The van der Waals surface area contributed by atoms with Gasteiger partial charge in [-0.15, -0.1) is 0 Å². The number of hydrogen-bond donors (Lipinski definition) is 2. The van der Waals surface area contributed by atoms with Crippen molar-refractivity contribution in [3.05, 3.63) is 17.7 Å². The molecule has 1 aromatic heterocycles. The number of hydrogen-bond acceptors (Lipinski definition) is 5. The molecule has 0 aliphatic heterocycles. The van der Waals surface area contributed by atoms with E-state index in [2.05, 4.69) is 15.6 Å². The molecule has 1 heterocycles. The maximum atomic E-state index is 12.0. The minimum Gasteiger partial charge on any atom is -0.311 e. The van der Waals surface area contributed by atoms with Crippen molar-refractivity contribution in [2.45, 2.75) is 13.8 Å². The largest absolute Gasteiger partial charge is 0.311 e. The molecule has 108 valence electrons. The number of nitrogens with zero attached hydrogens (tertiary/aromatic N) is 2. The number of carbonyl (C=O) groups excluding carboxylic acids is 3. The first-order chi connectivity index (χ1) is 9.33. The highest BCUT2D eigenvalue weighted by molar-refractivity contribution is 5.97. The number of pyridine rings is 1. The molecule has 2 N–H and O–H groups in total. The third-order valence-electron chi connectivity index (χ3n) is 2.24. The van der Waals surface area contributed by atoms with Gasteiger partial charge in [-0.3, -0.25) is 19.2 Å². The van der Waals surface area contributed by atoms with Crippen molar-refractivity contribution < 1.29 is 19.2 Å². The van der Waals surface area contributed by atoms with Gasteiger partial charge in [0.1, 0.15) is 11.6 Å². The van der Waals surface area contributed by atoms with E-state index < -0.39 is 5.91 Å². The maximum Gasteiger partial charge on any atom is 0.277 e. The molecule has 0 aromatic carbocycles. The van der Waals surface area contributed by atoms with Gasteiger partial charge in [0, 0.05) is 26.5 Å². The zero-order valence-electron chi connectivity index (χ0n) is 11.7. The first-order valence-corrected chi connectivity index (χ1v) is 5.73. The summed E-state index contributed by atoms with van der Waals surface area (Å²) < 4.78 is 0. The number of rotatable bonds is 4. The topological polar surface area (TPSA) is 101 Å². The van der Waals surface area contributed by atoms with Gasteiger partial charge >= 0.3 is 0 Å². The molecule has 0 unspecified atom stereocenters. The zero-order valence-corrected chi connectivity index (χ0v) is 11.7. The summed E-state index contributed by atoms with van der Waals surface area (Å²) in [6, 6.07) is 2.79. The van der Waals surface area contributed by atoms with Crippen LogP contribution in [0.25, 0.3) is 0 Å². The van der Waals surface area contributed by atoms with Crippen molar-refractivity contribution in [3.63, 3.8) is 0 Å². The Bertz CT molecular complexity index is 510. The van der Waals surface area contributed by atoms with Crippen LogP contribution in [-0.4, -0.2) is 41.9 Å². The van der Waals surface area contributed by atoms with Gasteiger partial charge in [0.2, 0.25) is 11.8 Å². The van der Waals surface area contributed by atoms with E-state index >= 15 is 0 Å². The van der Waals surface area contributed by atoms with E-state index in [-0.39, 0.29) is 29.0 Å². The lowest BCUT2D eigenvalue weighted by Gasteiger charge is -2.15. The molecule has 0 atom stereocenters. The van der Waals surface area contributed by atoms with E-state index in [1.807, 2.05) is 0 Å². The molecule has 20 heavy (non-hydrogen) atoms. The lowest BCUT2D eigenvalue weighted by atomic mass is 10.2. The quantitative estimate of drug-likeness (QED) is 0.788. The average Bonchev–Trinajstić information content (AvgIpc) is 2.34. The molecular formula is C12H16N4O4. The van der Waals surface area contributed by atoms with Crippen LogP contribution in [0.2, 0.25) is 0 Å². The van der Waals surface area contributed by atoms with E-state index in [0.29, 0.717) is 0 Å². The molecule has 1 rings (SSSR count). The van der Waals surface area contributed by atoms with Crippen molar-refractivity contribution in [2.24, 2.45) is 0 Å². The summed E-state index contributed by atoms with van der Waals surface area (Å²) in [4.78, 5) is 42.9. The van der Waals surface area contributed by atoms with E-state index in [1.54, 1.807) is 0 Å². The second-order valence-electron chi connectivity index (χ2n) is 3.97. The van der Waals surface area contributed by atoms with E-state index in [0.717, 1.165) is 5.06 Å². The highest BCUT2D eigenvalue weighted by Crippen LogP contribution is 2.16. The van der Waals surface area contributed by atoms with Crippen LogP contribution in [0.4, 0.5) is 11.6 Å². The van der Waals surface area contributed by atoms with Gasteiger partial charge in [-0.2, -0.15) is 0 Å². The average molecular weight is 280 g/mol. The number of anilines is 2. The van der Waals surface area contributed by atoms with E-state index in [1.165, 1.54) is 40.1 Å². The fraction of sp³-hybridized carbons (Fsp3) is 0.333. The number of hydroxylamine groups is 2. The summed E-state index contributed by atoms with van der Waals surface area (Å²) in [7, 11) is 2.79. The highest BCUT2D eigenvalue weighted by atomic mass is 16.7. The summed E-state index contributed by atoms with van der Waals surface area (Å²) >= 11 is 0. The first kappa shape index (κ1) is 15.6. The van der Waals surface area contributed by atoms with Gasteiger partial charge in [0.15, 0.2) is 0 Å². The van der Waals surface area contributed by atoms with Crippen LogP contribution in [0.15, 0.2) is 12.1 Å². The Balaban J connectivity index is 3.18. The third kappa shape index (κ3) is 4.32. The Kier molecular flexibility index (Phi) is 5.15. The number of aromatic nitrogens is 1. The molecule has 0 bridgehead atoms. The van der Waals surface area contributed by atoms with Crippen LogP contribution < -0.4 is 10.6 Å². The molecule has 0 aliphatic carbocycles. The van der Waals surface area contributed by atoms with Crippen molar-refractivity contribution >= 4 is 29.4 Å². The van der Waals surface area contributed by atoms with Crippen LogP contribution in [-0.2, 0) is 14.4 Å². The molecule has 8 heteroatoms. The van der Waals surface area contributed by atoms with Gasteiger partial charge in [-0.1, -0.05) is 0 Å². The standard InChI is InChI=1S/C12H16N4O4/c1-7(17)13-10-5-9(12(19)16(3)20-4)6-11(15-10)14-8(2)18/h5-6H,1-4H3,(H2,13,14,15,17,18). The van der Waals surface area contributed by atoms with Gasteiger partial charge in [0.05, 0.1) is 7.11 Å². The van der Waals surface area contributed by atoms with Crippen molar-refractivity contribution in [1.82, 2.24) is 10.0 Å². The van der Waals surface area contributed by atoms with Gasteiger partial charge in [-0.05, 0) is 12.1 Å². The molecule has 0 aliphatic rings. The lowest BCUT2D eigenvalue weighted by Crippen LogP contribution is -2.26. The Morgan fingerprint density at radius 1 is 1.10 bits per heavy atom. The summed E-state index contributed by atoms with van der Waals surface area (Å²) in [6.07, 6.45) is 0. The Hall–Kier alpha value is -2.48. The van der Waals surface area contributed by atoms with Crippen LogP contribution in [0, 0.1) is 0 Å². The van der Waals surface area contributed by atoms with Crippen LogP contribution >= 0.6 is 0 Å². The second-order valence-corrected chi connectivity index (χ2v) is 3.97. The van der Waals surface area contributed by atoms with Crippen LogP contribution in [0.3, 0.4) is 0 Å². The summed E-state index contributed by atoms with van der Waals surface area (Å²) in [5.74, 6) is -0.784. The predicted molar refractivity (Wildman–Crippen MR) is 71.9 cm³/mol. The Morgan fingerprint density at radius 2 is 1.55 bits per heavy atom. The minimum atomic E-state index is -0.437. The molecule has 0 saturated carbocycles. The molecule has 0 saturated heterocycles. The molecular weight excluding hydrogens is 264 g/mol. The first-order valence-electron chi connectivity index (χ1n) is 5.73. The van der Waals surface area contributed by atoms with E-state index in [4.69, 9.17) is 4.84 Å². The van der Waals surface area contributed by atoms with E-state index in [9.17, 15) is 14.4 Å². The fourth-order valence-corrected chi connectivity index (χ4v) is 1.41.